The van der Waals surface area contributed by atoms with Gasteiger partial charge in [0.25, 0.3) is 0 Å². The molecule has 0 rings (SSSR count). The van der Waals surface area contributed by atoms with Crippen molar-refractivity contribution in [1.29, 1.82) is 0 Å². The van der Waals surface area contributed by atoms with Gasteiger partial charge in [0.2, 0.25) is 0 Å². The third-order valence-electron chi connectivity index (χ3n) is 0.171. The Morgan fingerprint density at radius 3 is 2.40 bits per heavy atom. The van der Waals surface area contributed by atoms with E-state index in [-0.39, 0.29) is 0 Å². The van der Waals surface area contributed by atoms with Crippen molar-refractivity contribution in [3.63, 3.8) is 0 Å². The van der Waals surface area contributed by atoms with Crippen LogP contribution in [-0.4, -0.2) is 5.21 Å². The van der Waals surface area contributed by atoms with Crippen LogP contribution < -0.4 is 11.2 Å². The number of hydroxylamine groups is 1. The molecule has 0 bridgehead atoms. The smallest absolute Gasteiger partial charge is 0.0395 e. The molecule has 3 nitrogen and oxygen atoms in total. The van der Waals surface area contributed by atoms with Gasteiger partial charge in [-0.1, -0.05) is 0 Å². The third-order valence-corrected chi connectivity index (χ3v) is 0.171. The summed E-state index contributed by atoms with van der Waals surface area (Å²) in [6, 6.07) is 0. The molecule has 0 aromatic carbocycles. The summed E-state index contributed by atoms with van der Waals surface area (Å²) in [5, 5.41) is 7.65. The highest BCUT2D eigenvalue weighted by molar-refractivity contribution is 4.66. The van der Waals surface area contributed by atoms with Gasteiger partial charge in [-0.05, 0) is 0 Å². The van der Waals surface area contributed by atoms with Crippen LogP contribution in [0.3, 0.4) is 0 Å². The van der Waals surface area contributed by atoms with Gasteiger partial charge in [0.05, 0.1) is 0 Å². The lowest BCUT2D eigenvalue weighted by molar-refractivity contribution is 0.214. The largest absolute Gasteiger partial charge is 0.403 e. The minimum Gasteiger partial charge on any atom is -0.403 e. The Balaban J connectivity index is 2.62. The van der Waals surface area contributed by atoms with Crippen molar-refractivity contribution >= 4 is 0 Å². The van der Waals surface area contributed by atoms with E-state index >= 15 is 0 Å². The van der Waals surface area contributed by atoms with Crippen molar-refractivity contribution in [3.8, 4) is 0 Å². The van der Waals surface area contributed by atoms with E-state index in [1.807, 2.05) is 0 Å². The van der Waals surface area contributed by atoms with Gasteiger partial charge in [-0.25, -0.2) is 0 Å². The van der Waals surface area contributed by atoms with Crippen molar-refractivity contribution in [3.05, 3.63) is 12.4 Å². The first-order chi connectivity index (χ1) is 2.41. The van der Waals surface area contributed by atoms with Gasteiger partial charge in [0, 0.05) is 12.4 Å². The summed E-state index contributed by atoms with van der Waals surface area (Å²) >= 11 is 0. The monoisotopic (exact) mass is 74.0 g/mol. The fourth-order valence-electron chi connectivity index (χ4n) is 0.0430. The zero-order valence-corrected chi connectivity index (χ0v) is 2.68. The summed E-state index contributed by atoms with van der Waals surface area (Å²) in [7, 11) is 0. The maximum absolute atomic E-state index is 7.65. The van der Waals surface area contributed by atoms with Gasteiger partial charge in [0.1, 0.15) is 0 Å². The molecule has 0 radical (unpaired) electrons. The molecule has 0 aromatic heterocycles. The SMILES string of the molecule is NC=CNO. The Bertz CT molecular complexity index is 34.6. The van der Waals surface area contributed by atoms with Gasteiger partial charge in [0.15, 0.2) is 0 Å². The second kappa shape index (κ2) is 3.30. The van der Waals surface area contributed by atoms with Crippen LogP contribution in [0.1, 0.15) is 0 Å². The van der Waals surface area contributed by atoms with E-state index in [1.165, 1.54) is 12.4 Å². The van der Waals surface area contributed by atoms with Gasteiger partial charge < -0.3 is 5.73 Å². The molecule has 0 atom stereocenters. The predicted molar refractivity (Wildman–Crippen MR) is 18.2 cm³/mol. The lowest BCUT2D eigenvalue weighted by Crippen LogP contribution is -1.94. The lowest BCUT2D eigenvalue weighted by Gasteiger charge is -1.74. The molecule has 0 spiro atoms. The molecule has 0 amide bonds. The Labute approximate surface area is 30.1 Å². The van der Waals surface area contributed by atoms with Crippen LogP contribution in [0.25, 0.3) is 0 Å². The highest BCUT2D eigenvalue weighted by atomic mass is 16.5. The zero-order chi connectivity index (χ0) is 4.12. The van der Waals surface area contributed by atoms with E-state index in [9.17, 15) is 0 Å². The molecule has 0 heterocycles. The van der Waals surface area contributed by atoms with Crippen molar-refractivity contribution in [1.82, 2.24) is 5.48 Å². The fourth-order valence-corrected chi connectivity index (χ4v) is 0.0430. The Hall–Kier alpha value is -0.700. The van der Waals surface area contributed by atoms with E-state index < -0.39 is 0 Å². The maximum Gasteiger partial charge on any atom is 0.0395 e. The van der Waals surface area contributed by atoms with Crippen LogP contribution in [0.5, 0.6) is 0 Å². The minimum atomic E-state index is 1.19. The molecule has 0 fully saturated rings. The van der Waals surface area contributed by atoms with Crippen molar-refractivity contribution in [2.45, 2.75) is 0 Å². The van der Waals surface area contributed by atoms with Gasteiger partial charge >= 0.3 is 0 Å². The number of rotatable bonds is 1. The Kier molecular flexibility index (Phi) is 2.84. The van der Waals surface area contributed by atoms with E-state index in [1.54, 1.807) is 5.48 Å². The molecular weight excluding hydrogens is 68.0 g/mol. The van der Waals surface area contributed by atoms with Crippen molar-refractivity contribution < 1.29 is 5.21 Å². The van der Waals surface area contributed by atoms with Crippen LogP contribution >= 0.6 is 0 Å². The molecule has 0 unspecified atom stereocenters. The first kappa shape index (κ1) is 4.30. The van der Waals surface area contributed by atoms with E-state index in [0.29, 0.717) is 0 Å². The highest BCUT2D eigenvalue weighted by Gasteiger charge is 1.46. The van der Waals surface area contributed by atoms with Crippen LogP contribution in [0, 0.1) is 0 Å². The molecule has 4 N–H and O–H groups in total. The average molecular weight is 74.1 g/mol. The average Bonchev–Trinajstić information content (AvgIpc) is 1.41. The van der Waals surface area contributed by atoms with E-state index in [0.717, 1.165) is 0 Å². The Morgan fingerprint density at radius 1 is 1.80 bits per heavy atom. The molecule has 0 aromatic rings. The molecule has 0 saturated heterocycles. The van der Waals surface area contributed by atoms with E-state index in [4.69, 9.17) is 10.9 Å². The molecule has 0 saturated carbocycles. The first-order valence-corrected chi connectivity index (χ1v) is 1.18. The molecule has 5 heavy (non-hydrogen) atoms. The number of nitrogens with two attached hydrogens (primary N) is 1. The quantitative estimate of drug-likeness (QED) is 0.364. The summed E-state index contributed by atoms with van der Waals surface area (Å²) in [5.41, 5.74) is 6.45. The van der Waals surface area contributed by atoms with Crippen LogP contribution in [0.15, 0.2) is 12.4 Å². The highest BCUT2D eigenvalue weighted by Crippen LogP contribution is 1.41. The van der Waals surface area contributed by atoms with E-state index in [2.05, 4.69) is 0 Å². The summed E-state index contributed by atoms with van der Waals surface area (Å²) in [5.74, 6) is 0. The van der Waals surface area contributed by atoms with Gasteiger partial charge in [-0.15, -0.1) is 0 Å². The van der Waals surface area contributed by atoms with Crippen LogP contribution in [0.4, 0.5) is 0 Å². The summed E-state index contributed by atoms with van der Waals surface area (Å²) in [6.45, 7) is 0. The van der Waals surface area contributed by atoms with Gasteiger partial charge in [-0.2, -0.15) is 0 Å². The second-order valence-electron chi connectivity index (χ2n) is 0.488. The summed E-state index contributed by atoms with van der Waals surface area (Å²) in [4.78, 5) is 0. The predicted octanol–water partition coefficient (Wildman–Crippen LogP) is -0.605. The number of hydrogen-bond donors (Lipinski definition) is 3. The lowest BCUT2D eigenvalue weighted by atomic mass is 11.0. The second-order valence-corrected chi connectivity index (χ2v) is 0.488. The molecule has 3 heteroatoms. The molecule has 0 aliphatic rings. The van der Waals surface area contributed by atoms with Crippen molar-refractivity contribution in [2.24, 2.45) is 5.73 Å². The van der Waals surface area contributed by atoms with Gasteiger partial charge in [-0.3, -0.25) is 10.7 Å². The molecular formula is C2H6N2O. The van der Waals surface area contributed by atoms with Crippen molar-refractivity contribution in [2.75, 3.05) is 0 Å². The zero-order valence-electron chi connectivity index (χ0n) is 2.68. The van der Waals surface area contributed by atoms with Crippen LogP contribution in [0.2, 0.25) is 0 Å². The normalized spacial score (nSPS) is 9.00. The topological polar surface area (TPSA) is 58.3 Å². The van der Waals surface area contributed by atoms with Crippen LogP contribution in [-0.2, 0) is 0 Å². The molecule has 30 valence electrons. The summed E-state index contributed by atoms with van der Waals surface area (Å²) in [6.07, 6.45) is 2.40. The number of nitrogens with one attached hydrogen (secondary N) is 1. The maximum atomic E-state index is 7.65. The molecule has 0 aliphatic heterocycles. The fraction of sp³-hybridized carbons (Fsp3) is 0. The summed E-state index contributed by atoms with van der Waals surface area (Å²) < 4.78 is 0. The third kappa shape index (κ3) is 3.30. The number of hydrogen-bond acceptors (Lipinski definition) is 3. The first-order valence-electron chi connectivity index (χ1n) is 1.18. The molecule has 0 aliphatic carbocycles. The minimum absolute atomic E-state index is 1.19. The Morgan fingerprint density at radius 2 is 2.40 bits per heavy atom. The standard InChI is InChI=1S/C2H6N2O/c3-1-2-4-5/h1-2,4-5H,3H2.